The van der Waals surface area contributed by atoms with Gasteiger partial charge >= 0.3 is 0 Å². The van der Waals surface area contributed by atoms with Gasteiger partial charge in [0.25, 0.3) is 0 Å². The smallest absolute Gasteiger partial charge is 0.137 e. The van der Waals surface area contributed by atoms with Crippen molar-refractivity contribution < 1.29 is 4.42 Å². The van der Waals surface area contributed by atoms with Crippen LogP contribution >= 0.6 is 0 Å². The molecule has 1 heterocycles. The minimum absolute atomic E-state index is 0.110. The van der Waals surface area contributed by atoms with Crippen molar-refractivity contribution in [2.24, 2.45) is 0 Å². The Bertz CT molecular complexity index is 2860. The summed E-state index contributed by atoms with van der Waals surface area (Å²) in [5.41, 5.74) is 18.1. The summed E-state index contributed by atoms with van der Waals surface area (Å²) >= 11 is 0. The molecule has 0 saturated heterocycles. The van der Waals surface area contributed by atoms with Crippen molar-refractivity contribution in [3.8, 4) is 44.5 Å². The highest BCUT2D eigenvalue weighted by Gasteiger charge is 2.38. The van der Waals surface area contributed by atoms with Gasteiger partial charge in [0, 0.05) is 22.1 Å². The van der Waals surface area contributed by atoms with Gasteiger partial charge in [0.05, 0.1) is 16.8 Å². The second-order valence-electron chi connectivity index (χ2n) is 14.4. The van der Waals surface area contributed by atoms with Gasteiger partial charge in [-0.1, -0.05) is 141 Å². The maximum Gasteiger partial charge on any atom is 0.137 e. The van der Waals surface area contributed by atoms with Gasteiger partial charge < -0.3 is 9.32 Å². The van der Waals surface area contributed by atoms with Crippen molar-refractivity contribution in [2.45, 2.75) is 19.3 Å². The normalized spacial score (nSPS) is 13.5. The molecule has 0 fully saturated rings. The minimum Gasteiger partial charge on any atom is -0.456 e. The van der Waals surface area contributed by atoms with Crippen molar-refractivity contribution in [2.75, 3.05) is 4.90 Å². The summed E-state index contributed by atoms with van der Waals surface area (Å²) in [7, 11) is 0. The monoisotopic (exact) mass is 651 g/mol. The highest BCUT2D eigenvalue weighted by atomic mass is 16.3. The number of para-hydroxylation sites is 1. The van der Waals surface area contributed by atoms with Gasteiger partial charge in [-0.25, -0.2) is 0 Å². The van der Waals surface area contributed by atoms with Crippen molar-refractivity contribution in [1.82, 2.24) is 0 Å². The number of anilines is 3. The maximum atomic E-state index is 6.44. The molecule has 0 aliphatic heterocycles. The molecule has 0 atom stereocenters. The summed E-state index contributed by atoms with van der Waals surface area (Å²) < 4.78 is 6.44. The molecule has 9 aromatic rings. The largest absolute Gasteiger partial charge is 0.456 e. The number of furan rings is 1. The Morgan fingerprint density at radius 3 is 1.84 bits per heavy atom. The number of benzene rings is 8. The van der Waals surface area contributed by atoms with Gasteiger partial charge in [-0.3, -0.25) is 0 Å². The van der Waals surface area contributed by atoms with E-state index in [-0.39, 0.29) is 5.41 Å². The van der Waals surface area contributed by atoms with Crippen LogP contribution in [0.15, 0.2) is 168 Å². The standard InChI is InChI=1S/C49H33NO/c1-49(2)40-18-7-5-14-38(40)47-41(49)19-10-20-42(47)50(43-21-11-23-45-48(43)39-15-6-8-22-44(39)51-45)31-26-24-30(25-27-31)32-28-29-37-34-13-4-3-12-33(34)36-17-9-16-35(32)46(36)37/h3-29H,1-2H3. The number of rotatable bonds is 4. The molecule has 51 heavy (non-hydrogen) atoms. The topological polar surface area (TPSA) is 16.4 Å². The zero-order valence-corrected chi connectivity index (χ0v) is 28.4. The van der Waals surface area contributed by atoms with Crippen molar-refractivity contribution in [1.29, 1.82) is 0 Å². The van der Waals surface area contributed by atoms with E-state index in [1.165, 1.54) is 72.1 Å². The molecule has 1 aromatic heterocycles. The summed E-state index contributed by atoms with van der Waals surface area (Å²) in [5, 5.41) is 4.88. The Morgan fingerprint density at radius 1 is 0.412 bits per heavy atom. The average Bonchev–Trinajstić information content (AvgIpc) is 3.80. The van der Waals surface area contributed by atoms with E-state index in [1.54, 1.807) is 0 Å². The van der Waals surface area contributed by atoms with E-state index < -0.39 is 0 Å². The van der Waals surface area contributed by atoms with Crippen molar-refractivity contribution in [3.05, 3.63) is 175 Å². The number of fused-ring (bicyclic) bond motifs is 9. The molecule has 0 radical (unpaired) electrons. The summed E-state index contributed by atoms with van der Waals surface area (Å²) in [6, 6.07) is 59.9. The van der Waals surface area contributed by atoms with Crippen LogP contribution in [0.1, 0.15) is 25.0 Å². The molecule has 2 aliphatic carbocycles. The molecule has 2 aliphatic rings. The van der Waals surface area contributed by atoms with E-state index in [1.807, 2.05) is 6.07 Å². The number of nitrogens with zero attached hydrogens (tertiary/aromatic N) is 1. The molecule has 0 bridgehead atoms. The van der Waals surface area contributed by atoms with E-state index in [9.17, 15) is 0 Å². The van der Waals surface area contributed by atoms with E-state index in [0.29, 0.717) is 0 Å². The summed E-state index contributed by atoms with van der Waals surface area (Å²) in [6.07, 6.45) is 0. The lowest BCUT2D eigenvalue weighted by Crippen LogP contribution is -2.16. The van der Waals surface area contributed by atoms with E-state index in [0.717, 1.165) is 33.3 Å². The van der Waals surface area contributed by atoms with Gasteiger partial charge in [0.1, 0.15) is 11.2 Å². The SMILES string of the molecule is CC1(C)c2ccccc2-c2c(N(c3ccc(-c4ccc5c6c(cccc46)-c4ccccc4-5)cc3)c3cccc4oc5ccccc5c34)cccc21. The Kier molecular flexibility index (Phi) is 5.76. The highest BCUT2D eigenvalue weighted by molar-refractivity contribution is 6.19. The zero-order chi connectivity index (χ0) is 33.8. The van der Waals surface area contributed by atoms with Crippen LogP contribution in [0.3, 0.4) is 0 Å². The quantitative estimate of drug-likeness (QED) is 0.188. The Balaban J connectivity index is 1.14. The van der Waals surface area contributed by atoms with Crippen LogP contribution in [0.4, 0.5) is 17.1 Å². The van der Waals surface area contributed by atoms with Gasteiger partial charge in [-0.05, 0) is 97.2 Å². The third-order valence-electron chi connectivity index (χ3n) is 11.4. The van der Waals surface area contributed by atoms with E-state index in [4.69, 9.17) is 4.42 Å². The highest BCUT2D eigenvalue weighted by Crippen LogP contribution is 2.55. The van der Waals surface area contributed by atoms with Gasteiger partial charge in [0.2, 0.25) is 0 Å². The molecule has 0 spiro atoms. The first kappa shape index (κ1) is 28.5. The second-order valence-corrected chi connectivity index (χ2v) is 14.4. The molecule has 0 unspecified atom stereocenters. The maximum absolute atomic E-state index is 6.44. The minimum atomic E-state index is -0.110. The molecular formula is C49H33NO. The van der Waals surface area contributed by atoms with Crippen LogP contribution in [0.5, 0.6) is 0 Å². The third kappa shape index (κ3) is 3.88. The lowest BCUT2D eigenvalue weighted by Gasteiger charge is -2.29. The second kappa shape index (κ2) is 10.3. The summed E-state index contributed by atoms with van der Waals surface area (Å²) in [4.78, 5) is 2.45. The van der Waals surface area contributed by atoms with Crippen LogP contribution in [-0.2, 0) is 5.41 Å². The molecule has 2 nitrogen and oxygen atoms in total. The van der Waals surface area contributed by atoms with Crippen LogP contribution in [0, 0.1) is 0 Å². The molecule has 0 N–H and O–H groups in total. The third-order valence-corrected chi connectivity index (χ3v) is 11.4. The number of hydrogen-bond acceptors (Lipinski definition) is 2. The number of hydrogen-bond donors (Lipinski definition) is 0. The first-order valence-corrected chi connectivity index (χ1v) is 17.8. The fraction of sp³-hybridized carbons (Fsp3) is 0.0612. The van der Waals surface area contributed by atoms with E-state index >= 15 is 0 Å². The van der Waals surface area contributed by atoms with Crippen molar-refractivity contribution >= 4 is 49.8 Å². The molecule has 11 rings (SSSR count). The van der Waals surface area contributed by atoms with Crippen LogP contribution < -0.4 is 4.90 Å². The van der Waals surface area contributed by atoms with Gasteiger partial charge in [-0.15, -0.1) is 0 Å². The predicted molar refractivity (Wildman–Crippen MR) is 213 cm³/mol. The first-order valence-electron chi connectivity index (χ1n) is 17.8. The van der Waals surface area contributed by atoms with Crippen LogP contribution in [0.2, 0.25) is 0 Å². The summed E-state index contributed by atoms with van der Waals surface area (Å²) in [5.74, 6) is 0. The molecule has 8 aromatic carbocycles. The molecule has 2 heteroatoms. The molecule has 0 amide bonds. The van der Waals surface area contributed by atoms with Crippen LogP contribution in [0.25, 0.3) is 77.2 Å². The average molecular weight is 652 g/mol. The predicted octanol–water partition coefficient (Wildman–Crippen LogP) is 13.8. The van der Waals surface area contributed by atoms with Gasteiger partial charge in [0.15, 0.2) is 0 Å². The fourth-order valence-electron chi connectivity index (χ4n) is 9.12. The van der Waals surface area contributed by atoms with Crippen molar-refractivity contribution in [3.63, 3.8) is 0 Å². The van der Waals surface area contributed by atoms with Crippen LogP contribution in [-0.4, -0.2) is 0 Å². The Hall–Kier alpha value is -6.38. The lowest BCUT2D eigenvalue weighted by molar-refractivity contribution is 0.660. The molecular weight excluding hydrogens is 619 g/mol. The summed E-state index contributed by atoms with van der Waals surface area (Å²) in [6.45, 7) is 4.70. The fourth-order valence-corrected chi connectivity index (χ4v) is 9.12. The molecule has 240 valence electrons. The lowest BCUT2D eigenvalue weighted by atomic mass is 9.82. The Labute approximate surface area is 296 Å². The zero-order valence-electron chi connectivity index (χ0n) is 28.4. The molecule has 0 saturated carbocycles. The first-order chi connectivity index (χ1) is 25.1. The van der Waals surface area contributed by atoms with Gasteiger partial charge in [-0.2, -0.15) is 0 Å². The Morgan fingerprint density at radius 2 is 1.00 bits per heavy atom. The van der Waals surface area contributed by atoms with E-state index in [2.05, 4.69) is 176 Å².